The first-order valence-electron chi connectivity index (χ1n) is 9.94. The third kappa shape index (κ3) is 7.49. The highest BCUT2D eigenvalue weighted by Gasteiger charge is 2.19. The molecule has 9 heteroatoms. The lowest BCUT2D eigenvalue weighted by Gasteiger charge is -2.29. The van der Waals surface area contributed by atoms with Gasteiger partial charge in [-0.2, -0.15) is 0 Å². The number of carboxylic acid groups (broad SMARTS) is 2. The molecule has 2 fully saturated rings. The SMILES string of the molecule is CC(=O)O.CC(=O)O.c1cn([C@@H]2CCNC2)c(-c2ccc(N3CCOCC3)cc2)n1. The van der Waals surface area contributed by atoms with Crippen molar-refractivity contribution in [3.63, 3.8) is 0 Å². The number of nitrogens with zero attached hydrogens (tertiary/aromatic N) is 3. The smallest absolute Gasteiger partial charge is 0.300 e. The van der Waals surface area contributed by atoms with Crippen molar-refractivity contribution < 1.29 is 24.5 Å². The molecule has 1 aromatic carbocycles. The zero-order valence-electron chi connectivity index (χ0n) is 17.5. The van der Waals surface area contributed by atoms with E-state index in [0.717, 1.165) is 59.1 Å². The summed E-state index contributed by atoms with van der Waals surface area (Å²) in [4.78, 5) is 25.0. The number of benzene rings is 1. The fourth-order valence-electron chi connectivity index (χ4n) is 3.35. The summed E-state index contributed by atoms with van der Waals surface area (Å²) in [6.07, 6.45) is 5.18. The van der Waals surface area contributed by atoms with Gasteiger partial charge in [-0.15, -0.1) is 0 Å². The summed E-state index contributed by atoms with van der Waals surface area (Å²) in [5, 5.41) is 18.3. The summed E-state index contributed by atoms with van der Waals surface area (Å²) < 4.78 is 7.72. The maximum atomic E-state index is 9.00. The number of carboxylic acids is 2. The predicted molar refractivity (Wildman–Crippen MR) is 114 cm³/mol. The third-order valence-electron chi connectivity index (χ3n) is 4.60. The molecule has 3 N–H and O–H groups in total. The minimum atomic E-state index is -0.833. The van der Waals surface area contributed by atoms with Crippen molar-refractivity contribution in [3.8, 4) is 11.4 Å². The second-order valence-electron chi connectivity index (χ2n) is 6.99. The number of carbonyl (C=O) groups is 2. The molecule has 2 saturated heterocycles. The van der Waals surface area contributed by atoms with E-state index in [-0.39, 0.29) is 0 Å². The van der Waals surface area contributed by atoms with E-state index in [1.807, 2.05) is 6.20 Å². The molecular weight excluding hydrogens is 388 g/mol. The standard InChI is InChI=1S/C17H22N4O.2C2H4O2/c1-3-15(20-9-11-22-12-10-20)4-2-14(1)17-19-7-8-21(17)16-5-6-18-13-16;2*1-2(3)4/h1-4,7-8,16,18H,5-6,9-13H2;2*1H3,(H,3,4)/t16-;;/m1../s1. The van der Waals surface area contributed by atoms with Crippen LogP contribution in [0.15, 0.2) is 36.7 Å². The van der Waals surface area contributed by atoms with Gasteiger partial charge in [-0.3, -0.25) is 9.59 Å². The van der Waals surface area contributed by atoms with Crippen LogP contribution in [0.3, 0.4) is 0 Å². The quantitative estimate of drug-likeness (QED) is 0.694. The topological polar surface area (TPSA) is 117 Å². The molecule has 2 aromatic rings. The van der Waals surface area contributed by atoms with E-state index in [4.69, 9.17) is 24.5 Å². The van der Waals surface area contributed by atoms with Crippen LogP contribution in [-0.4, -0.2) is 71.1 Å². The zero-order chi connectivity index (χ0) is 21.9. The van der Waals surface area contributed by atoms with Crippen molar-refractivity contribution in [2.45, 2.75) is 26.3 Å². The number of anilines is 1. The molecule has 0 saturated carbocycles. The van der Waals surface area contributed by atoms with Gasteiger partial charge in [-0.05, 0) is 37.2 Å². The molecule has 0 amide bonds. The van der Waals surface area contributed by atoms with Gasteiger partial charge in [-0.25, -0.2) is 4.98 Å². The fraction of sp³-hybridized carbons (Fsp3) is 0.476. The highest BCUT2D eigenvalue weighted by Crippen LogP contribution is 2.26. The van der Waals surface area contributed by atoms with E-state index in [9.17, 15) is 0 Å². The molecule has 0 aliphatic carbocycles. The summed E-state index contributed by atoms with van der Waals surface area (Å²) in [6.45, 7) is 7.89. The molecule has 3 heterocycles. The van der Waals surface area contributed by atoms with Crippen LogP contribution in [-0.2, 0) is 14.3 Å². The first kappa shape index (κ1) is 23.4. The van der Waals surface area contributed by atoms with Gasteiger partial charge in [0.2, 0.25) is 0 Å². The molecule has 2 aliphatic heterocycles. The lowest BCUT2D eigenvalue weighted by atomic mass is 10.1. The van der Waals surface area contributed by atoms with Crippen molar-refractivity contribution >= 4 is 17.6 Å². The Morgan fingerprint density at radius 2 is 1.70 bits per heavy atom. The van der Waals surface area contributed by atoms with Gasteiger partial charge in [0, 0.05) is 63.2 Å². The molecule has 164 valence electrons. The average Bonchev–Trinajstić information content (AvgIpc) is 3.39. The largest absolute Gasteiger partial charge is 0.481 e. The second kappa shape index (κ2) is 11.9. The molecule has 0 unspecified atom stereocenters. The Hall–Kier alpha value is -2.91. The van der Waals surface area contributed by atoms with E-state index < -0.39 is 11.9 Å². The van der Waals surface area contributed by atoms with Gasteiger partial charge in [0.05, 0.1) is 13.2 Å². The average molecular weight is 418 g/mol. The number of morpholine rings is 1. The van der Waals surface area contributed by atoms with E-state index >= 15 is 0 Å². The van der Waals surface area contributed by atoms with Crippen LogP contribution in [0, 0.1) is 0 Å². The highest BCUT2D eigenvalue weighted by molar-refractivity contribution is 5.63. The van der Waals surface area contributed by atoms with E-state index in [0.29, 0.717) is 6.04 Å². The van der Waals surface area contributed by atoms with Crippen molar-refractivity contribution in [2.24, 2.45) is 0 Å². The molecule has 9 nitrogen and oxygen atoms in total. The number of hydrogen-bond acceptors (Lipinski definition) is 6. The molecule has 1 aromatic heterocycles. The maximum Gasteiger partial charge on any atom is 0.300 e. The lowest BCUT2D eigenvalue weighted by Crippen LogP contribution is -2.36. The minimum Gasteiger partial charge on any atom is -0.481 e. The number of hydrogen-bond donors (Lipinski definition) is 3. The first-order valence-corrected chi connectivity index (χ1v) is 9.94. The summed E-state index contributed by atoms with van der Waals surface area (Å²) in [7, 11) is 0. The Kier molecular flexibility index (Phi) is 9.30. The molecular formula is C21H30N4O5. The minimum absolute atomic E-state index is 0.524. The van der Waals surface area contributed by atoms with Crippen LogP contribution in [0.4, 0.5) is 5.69 Å². The van der Waals surface area contributed by atoms with Gasteiger partial charge in [0.15, 0.2) is 0 Å². The molecule has 0 bridgehead atoms. The molecule has 4 rings (SSSR count). The highest BCUT2D eigenvalue weighted by atomic mass is 16.5. The van der Waals surface area contributed by atoms with Gasteiger partial charge in [0.1, 0.15) is 5.82 Å². The number of nitrogens with one attached hydrogen (secondary N) is 1. The Morgan fingerprint density at radius 3 is 2.23 bits per heavy atom. The summed E-state index contributed by atoms with van der Waals surface area (Å²) in [5.74, 6) is -0.595. The number of aromatic nitrogens is 2. The molecule has 1 atom stereocenters. The first-order chi connectivity index (χ1) is 14.4. The summed E-state index contributed by atoms with van der Waals surface area (Å²) in [5.41, 5.74) is 2.46. The van der Waals surface area contributed by atoms with Crippen LogP contribution in [0.25, 0.3) is 11.4 Å². The lowest BCUT2D eigenvalue weighted by molar-refractivity contribution is -0.135. The monoisotopic (exact) mass is 418 g/mol. The van der Waals surface area contributed by atoms with Crippen LogP contribution >= 0.6 is 0 Å². The number of aliphatic carboxylic acids is 2. The van der Waals surface area contributed by atoms with Gasteiger partial charge < -0.3 is 29.7 Å². The van der Waals surface area contributed by atoms with Crippen LogP contribution in [0.2, 0.25) is 0 Å². The Morgan fingerprint density at radius 1 is 1.10 bits per heavy atom. The molecule has 0 radical (unpaired) electrons. The van der Waals surface area contributed by atoms with E-state index in [2.05, 4.69) is 50.2 Å². The molecule has 2 aliphatic rings. The van der Waals surface area contributed by atoms with Crippen molar-refractivity contribution in [2.75, 3.05) is 44.3 Å². The van der Waals surface area contributed by atoms with Gasteiger partial charge in [-0.1, -0.05) is 0 Å². The Labute approximate surface area is 176 Å². The Bertz CT molecular complexity index is 774. The van der Waals surface area contributed by atoms with Gasteiger partial charge in [0.25, 0.3) is 11.9 Å². The van der Waals surface area contributed by atoms with Crippen LogP contribution in [0.5, 0.6) is 0 Å². The van der Waals surface area contributed by atoms with Gasteiger partial charge >= 0.3 is 0 Å². The molecule has 30 heavy (non-hydrogen) atoms. The van der Waals surface area contributed by atoms with E-state index in [1.54, 1.807) is 0 Å². The number of rotatable bonds is 3. The Balaban J connectivity index is 0.000000347. The normalized spacial score (nSPS) is 17.9. The summed E-state index contributed by atoms with van der Waals surface area (Å²) >= 11 is 0. The number of ether oxygens (including phenoxy) is 1. The van der Waals surface area contributed by atoms with Crippen molar-refractivity contribution in [3.05, 3.63) is 36.7 Å². The second-order valence-corrected chi connectivity index (χ2v) is 6.99. The molecule has 0 spiro atoms. The van der Waals surface area contributed by atoms with E-state index in [1.165, 1.54) is 17.7 Å². The van der Waals surface area contributed by atoms with Crippen molar-refractivity contribution in [1.29, 1.82) is 0 Å². The number of imidazole rings is 1. The zero-order valence-corrected chi connectivity index (χ0v) is 17.5. The fourth-order valence-corrected chi connectivity index (χ4v) is 3.35. The predicted octanol–water partition coefficient (Wildman–Crippen LogP) is 2.10. The maximum absolute atomic E-state index is 9.00. The van der Waals surface area contributed by atoms with Crippen LogP contribution in [0.1, 0.15) is 26.3 Å². The van der Waals surface area contributed by atoms with Crippen molar-refractivity contribution in [1.82, 2.24) is 14.9 Å². The third-order valence-corrected chi connectivity index (χ3v) is 4.60. The van der Waals surface area contributed by atoms with Crippen LogP contribution < -0.4 is 10.2 Å². The summed E-state index contributed by atoms with van der Waals surface area (Å²) in [6, 6.07) is 9.30.